The molecule has 0 aromatic rings. The molecule has 74 valence electrons. The molecule has 0 amide bonds. The largest absolute Gasteiger partial charge is 0.478 e. The standard InChI is InChI=1S/C10H16O3/c1-8(6-7-11)4-3-5-9(2)10(12)13/h5-6,11H,3-4,7H2,1-2H3,(H,12,13)/b8-6+,9-5+. The van der Waals surface area contributed by atoms with Gasteiger partial charge in [-0.25, -0.2) is 4.79 Å². The van der Waals surface area contributed by atoms with E-state index in [1.807, 2.05) is 6.92 Å². The van der Waals surface area contributed by atoms with Crippen LogP contribution in [0.3, 0.4) is 0 Å². The van der Waals surface area contributed by atoms with Gasteiger partial charge in [0.15, 0.2) is 0 Å². The monoisotopic (exact) mass is 184 g/mol. The number of rotatable bonds is 5. The summed E-state index contributed by atoms with van der Waals surface area (Å²) in [5.41, 5.74) is 1.45. The zero-order valence-corrected chi connectivity index (χ0v) is 8.08. The Kier molecular flexibility index (Phi) is 5.89. The van der Waals surface area contributed by atoms with Gasteiger partial charge in [-0.15, -0.1) is 0 Å². The topological polar surface area (TPSA) is 57.5 Å². The highest BCUT2D eigenvalue weighted by atomic mass is 16.4. The summed E-state index contributed by atoms with van der Waals surface area (Å²) in [6, 6.07) is 0. The third-order valence-corrected chi connectivity index (χ3v) is 1.77. The highest BCUT2D eigenvalue weighted by Gasteiger charge is 1.97. The van der Waals surface area contributed by atoms with Crippen molar-refractivity contribution in [2.45, 2.75) is 26.7 Å². The lowest BCUT2D eigenvalue weighted by atomic mass is 10.1. The molecule has 3 nitrogen and oxygen atoms in total. The molecule has 2 N–H and O–H groups in total. The minimum Gasteiger partial charge on any atom is -0.478 e. The Morgan fingerprint density at radius 3 is 2.38 bits per heavy atom. The normalized spacial score (nSPS) is 13.2. The van der Waals surface area contributed by atoms with E-state index in [-0.39, 0.29) is 6.61 Å². The Labute approximate surface area is 78.4 Å². The maximum Gasteiger partial charge on any atom is 0.330 e. The molecular formula is C10H16O3. The van der Waals surface area contributed by atoms with E-state index in [2.05, 4.69) is 0 Å². The second-order valence-electron chi connectivity index (χ2n) is 2.96. The van der Waals surface area contributed by atoms with Gasteiger partial charge in [0.25, 0.3) is 0 Å². The number of carbonyl (C=O) groups is 1. The van der Waals surface area contributed by atoms with Gasteiger partial charge >= 0.3 is 5.97 Å². The SMILES string of the molecule is C/C(=C\CO)CC/C=C(\C)C(=O)O. The Morgan fingerprint density at radius 1 is 1.31 bits per heavy atom. The van der Waals surface area contributed by atoms with Crippen LogP contribution in [0, 0.1) is 0 Å². The molecule has 0 fully saturated rings. The van der Waals surface area contributed by atoms with Crippen LogP contribution in [0.25, 0.3) is 0 Å². The Hall–Kier alpha value is -1.09. The fraction of sp³-hybridized carbons (Fsp3) is 0.500. The van der Waals surface area contributed by atoms with Crippen LogP contribution in [-0.2, 0) is 4.79 Å². The van der Waals surface area contributed by atoms with Crippen LogP contribution < -0.4 is 0 Å². The van der Waals surface area contributed by atoms with Crippen molar-refractivity contribution < 1.29 is 15.0 Å². The summed E-state index contributed by atoms with van der Waals surface area (Å²) < 4.78 is 0. The quantitative estimate of drug-likeness (QED) is 0.505. The van der Waals surface area contributed by atoms with E-state index in [0.717, 1.165) is 12.0 Å². The van der Waals surface area contributed by atoms with E-state index < -0.39 is 5.97 Å². The zero-order chi connectivity index (χ0) is 10.3. The molecule has 0 spiro atoms. The van der Waals surface area contributed by atoms with Gasteiger partial charge in [0.2, 0.25) is 0 Å². The number of aliphatic hydroxyl groups is 1. The molecule has 0 unspecified atom stereocenters. The molecule has 0 aromatic carbocycles. The lowest BCUT2D eigenvalue weighted by Gasteiger charge is -1.97. The highest BCUT2D eigenvalue weighted by molar-refractivity contribution is 5.85. The second-order valence-corrected chi connectivity index (χ2v) is 2.96. The summed E-state index contributed by atoms with van der Waals surface area (Å²) in [6.45, 7) is 3.54. The summed E-state index contributed by atoms with van der Waals surface area (Å²) in [5.74, 6) is -0.871. The number of hydrogen-bond donors (Lipinski definition) is 2. The first-order valence-electron chi connectivity index (χ1n) is 4.24. The van der Waals surface area contributed by atoms with Crippen molar-refractivity contribution in [3.05, 3.63) is 23.3 Å². The molecule has 0 aromatic heterocycles. The molecular weight excluding hydrogens is 168 g/mol. The molecule has 0 radical (unpaired) electrons. The minimum atomic E-state index is -0.871. The van der Waals surface area contributed by atoms with Crippen LogP contribution in [0.5, 0.6) is 0 Å². The van der Waals surface area contributed by atoms with Crippen molar-refractivity contribution in [3.63, 3.8) is 0 Å². The average molecular weight is 184 g/mol. The second kappa shape index (κ2) is 6.43. The summed E-state index contributed by atoms with van der Waals surface area (Å²) in [5, 5.41) is 17.1. The molecule has 0 bridgehead atoms. The fourth-order valence-corrected chi connectivity index (χ4v) is 0.862. The summed E-state index contributed by atoms with van der Waals surface area (Å²) in [6.07, 6.45) is 4.92. The number of carboxylic acid groups (broad SMARTS) is 1. The first-order valence-corrected chi connectivity index (χ1v) is 4.24. The predicted octanol–water partition coefficient (Wildman–Crippen LogP) is 1.74. The lowest BCUT2D eigenvalue weighted by Crippen LogP contribution is -1.95. The van der Waals surface area contributed by atoms with Crippen molar-refractivity contribution in [3.8, 4) is 0 Å². The van der Waals surface area contributed by atoms with E-state index in [1.54, 1.807) is 19.1 Å². The van der Waals surface area contributed by atoms with Gasteiger partial charge < -0.3 is 10.2 Å². The van der Waals surface area contributed by atoms with Gasteiger partial charge in [-0.3, -0.25) is 0 Å². The number of hydrogen-bond acceptors (Lipinski definition) is 2. The van der Waals surface area contributed by atoms with E-state index in [4.69, 9.17) is 10.2 Å². The van der Waals surface area contributed by atoms with E-state index in [0.29, 0.717) is 12.0 Å². The van der Waals surface area contributed by atoms with Crippen molar-refractivity contribution in [1.29, 1.82) is 0 Å². The van der Waals surface area contributed by atoms with Gasteiger partial charge in [0.05, 0.1) is 6.61 Å². The van der Waals surface area contributed by atoms with Gasteiger partial charge in [-0.1, -0.05) is 17.7 Å². The lowest BCUT2D eigenvalue weighted by molar-refractivity contribution is -0.132. The summed E-state index contributed by atoms with van der Waals surface area (Å²) in [4.78, 5) is 10.4. The first-order chi connectivity index (χ1) is 6.07. The van der Waals surface area contributed by atoms with Crippen LogP contribution in [0.1, 0.15) is 26.7 Å². The van der Waals surface area contributed by atoms with Gasteiger partial charge in [-0.2, -0.15) is 0 Å². The molecule has 0 atom stereocenters. The van der Waals surface area contributed by atoms with Crippen LogP contribution >= 0.6 is 0 Å². The molecule has 0 aliphatic carbocycles. The fourth-order valence-electron chi connectivity index (χ4n) is 0.862. The number of carboxylic acids is 1. The molecule has 0 heterocycles. The van der Waals surface area contributed by atoms with Crippen molar-refractivity contribution in [2.24, 2.45) is 0 Å². The molecule has 0 aliphatic heterocycles. The maximum absolute atomic E-state index is 10.4. The smallest absolute Gasteiger partial charge is 0.330 e. The van der Waals surface area contributed by atoms with Crippen molar-refractivity contribution in [2.75, 3.05) is 6.61 Å². The molecule has 0 saturated carbocycles. The molecule has 0 saturated heterocycles. The molecule has 0 rings (SSSR count). The average Bonchev–Trinajstić information content (AvgIpc) is 2.04. The van der Waals surface area contributed by atoms with E-state index in [1.165, 1.54) is 0 Å². The first kappa shape index (κ1) is 11.9. The Morgan fingerprint density at radius 2 is 1.92 bits per heavy atom. The van der Waals surface area contributed by atoms with Crippen LogP contribution in [0.2, 0.25) is 0 Å². The van der Waals surface area contributed by atoms with Crippen molar-refractivity contribution >= 4 is 5.97 Å². The van der Waals surface area contributed by atoms with Crippen LogP contribution in [0.15, 0.2) is 23.3 Å². The van der Waals surface area contributed by atoms with E-state index >= 15 is 0 Å². The maximum atomic E-state index is 10.4. The summed E-state index contributed by atoms with van der Waals surface area (Å²) >= 11 is 0. The van der Waals surface area contributed by atoms with Gasteiger partial charge in [0.1, 0.15) is 0 Å². The molecule has 3 heteroatoms. The minimum absolute atomic E-state index is 0.0491. The van der Waals surface area contributed by atoms with Gasteiger partial charge in [-0.05, 0) is 26.7 Å². The number of aliphatic carboxylic acids is 1. The van der Waals surface area contributed by atoms with Crippen molar-refractivity contribution in [1.82, 2.24) is 0 Å². The number of allylic oxidation sites excluding steroid dienone is 2. The van der Waals surface area contributed by atoms with Gasteiger partial charge in [0, 0.05) is 5.57 Å². The van der Waals surface area contributed by atoms with Crippen LogP contribution in [0.4, 0.5) is 0 Å². The Bertz CT molecular complexity index is 226. The third kappa shape index (κ3) is 6.11. The third-order valence-electron chi connectivity index (χ3n) is 1.77. The predicted molar refractivity (Wildman–Crippen MR) is 51.5 cm³/mol. The highest BCUT2D eigenvalue weighted by Crippen LogP contribution is 2.06. The summed E-state index contributed by atoms with van der Waals surface area (Å²) in [7, 11) is 0. The number of aliphatic hydroxyl groups excluding tert-OH is 1. The van der Waals surface area contributed by atoms with E-state index in [9.17, 15) is 4.79 Å². The molecule has 13 heavy (non-hydrogen) atoms. The Balaban J connectivity index is 3.85. The van der Waals surface area contributed by atoms with Crippen LogP contribution in [-0.4, -0.2) is 22.8 Å². The zero-order valence-electron chi connectivity index (χ0n) is 8.08. The molecule has 0 aliphatic rings.